The highest BCUT2D eigenvalue weighted by Gasteiger charge is 2.40. The zero-order valence-electron chi connectivity index (χ0n) is 18.4. The summed E-state index contributed by atoms with van der Waals surface area (Å²) in [5, 5.41) is 3.35. The molecule has 0 unspecified atom stereocenters. The maximum absolute atomic E-state index is 13.5. The summed E-state index contributed by atoms with van der Waals surface area (Å²) in [6.45, 7) is 2.19. The molecule has 33 heavy (non-hydrogen) atoms. The molecule has 8 heteroatoms. The zero-order chi connectivity index (χ0) is 22.9. The summed E-state index contributed by atoms with van der Waals surface area (Å²) in [4.78, 5) is 44.9. The first kappa shape index (κ1) is 21.8. The summed E-state index contributed by atoms with van der Waals surface area (Å²) >= 11 is 6.03. The number of fused-ring (bicyclic) bond motifs is 3. The van der Waals surface area contributed by atoms with E-state index in [0.717, 1.165) is 57.4 Å². The van der Waals surface area contributed by atoms with E-state index in [1.807, 2.05) is 17.0 Å². The number of nitrogens with one attached hydrogen (secondary N) is 1. The molecule has 0 saturated carbocycles. The topological polar surface area (TPSA) is 73.0 Å². The molecular formula is C25H27ClN4O3. The first-order chi connectivity index (χ1) is 16.0. The fourth-order valence-electron chi connectivity index (χ4n) is 5.07. The first-order valence-electron chi connectivity index (χ1n) is 11.6. The number of carbonyl (C=O) groups is 3. The largest absolute Gasteiger partial charge is 0.358 e. The van der Waals surface area contributed by atoms with Crippen LogP contribution in [0.3, 0.4) is 0 Å². The van der Waals surface area contributed by atoms with E-state index in [4.69, 9.17) is 11.6 Å². The number of carbonyl (C=O) groups excluding carboxylic acids is 3. The number of amides is 3. The summed E-state index contributed by atoms with van der Waals surface area (Å²) in [5.74, 6) is -0.418. The summed E-state index contributed by atoms with van der Waals surface area (Å²) in [6, 6.07) is 12.2. The van der Waals surface area contributed by atoms with Gasteiger partial charge in [0.05, 0.1) is 11.4 Å². The summed E-state index contributed by atoms with van der Waals surface area (Å²) in [6.07, 6.45) is 4.79. The molecule has 0 aliphatic carbocycles. The fraction of sp³-hybridized carbons (Fsp3) is 0.400. The summed E-state index contributed by atoms with van der Waals surface area (Å²) < 4.78 is 0. The second kappa shape index (κ2) is 9.06. The number of anilines is 3. The average molecular weight is 467 g/mol. The molecule has 2 saturated heterocycles. The van der Waals surface area contributed by atoms with Crippen LogP contribution in [-0.2, 0) is 9.59 Å². The minimum absolute atomic E-state index is 0.0214. The smallest absolute Gasteiger partial charge is 0.253 e. The molecule has 172 valence electrons. The molecule has 2 aromatic rings. The van der Waals surface area contributed by atoms with Gasteiger partial charge in [-0.1, -0.05) is 17.7 Å². The van der Waals surface area contributed by atoms with E-state index < -0.39 is 0 Å². The SMILES string of the molecule is O=C(CN1C(=O)[C@@H]2CCCCN2c2ccc(C(=O)N3CCCC3)cc21)Nc1cccc(Cl)c1. The van der Waals surface area contributed by atoms with E-state index in [0.29, 0.717) is 22.0 Å². The van der Waals surface area contributed by atoms with Crippen molar-refractivity contribution in [1.82, 2.24) is 4.90 Å². The fourth-order valence-corrected chi connectivity index (χ4v) is 5.26. The van der Waals surface area contributed by atoms with Gasteiger partial charge in [-0.25, -0.2) is 0 Å². The van der Waals surface area contributed by atoms with Gasteiger partial charge in [0.25, 0.3) is 5.91 Å². The Kier molecular flexibility index (Phi) is 5.98. The maximum atomic E-state index is 13.5. The Balaban J connectivity index is 1.46. The molecule has 2 aromatic carbocycles. The molecule has 5 rings (SSSR count). The van der Waals surface area contributed by atoms with E-state index in [-0.39, 0.29) is 30.3 Å². The molecule has 2 fully saturated rings. The van der Waals surface area contributed by atoms with Crippen LogP contribution < -0.4 is 15.1 Å². The van der Waals surface area contributed by atoms with Crippen LogP contribution in [-0.4, -0.2) is 54.8 Å². The van der Waals surface area contributed by atoms with Crippen molar-refractivity contribution in [3.8, 4) is 0 Å². The van der Waals surface area contributed by atoms with Crippen LogP contribution in [0.2, 0.25) is 5.02 Å². The lowest BCUT2D eigenvalue weighted by Gasteiger charge is -2.45. The number of piperidine rings is 1. The van der Waals surface area contributed by atoms with E-state index in [2.05, 4.69) is 10.2 Å². The number of benzene rings is 2. The Hall–Kier alpha value is -3.06. The van der Waals surface area contributed by atoms with E-state index in [1.54, 1.807) is 35.2 Å². The molecule has 7 nitrogen and oxygen atoms in total. The lowest BCUT2D eigenvalue weighted by Crippen LogP contribution is -2.56. The quantitative estimate of drug-likeness (QED) is 0.741. The number of hydrogen-bond acceptors (Lipinski definition) is 4. The highest BCUT2D eigenvalue weighted by molar-refractivity contribution is 6.30. The second-order valence-corrected chi connectivity index (χ2v) is 9.33. The van der Waals surface area contributed by atoms with Gasteiger partial charge in [-0.05, 0) is 68.5 Å². The lowest BCUT2D eigenvalue weighted by molar-refractivity contribution is -0.123. The monoisotopic (exact) mass is 466 g/mol. The standard InChI is InChI=1S/C25H27ClN4O3/c26-18-6-5-7-19(15-18)27-23(31)16-30-22-14-17(24(32)28-11-3-4-12-28)9-10-20(22)29-13-2-1-8-21(29)25(30)33/h5-7,9-10,14-15,21H,1-4,8,11-13,16H2,(H,27,31)/t21-/m0/s1. The highest BCUT2D eigenvalue weighted by atomic mass is 35.5. The molecule has 1 N–H and O–H groups in total. The zero-order valence-corrected chi connectivity index (χ0v) is 19.2. The highest BCUT2D eigenvalue weighted by Crippen LogP contribution is 2.40. The molecular weight excluding hydrogens is 440 g/mol. The van der Waals surface area contributed by atoms with Crippen molar-refractivity contribution in [2.45, 2.75) is 38.1 Å². The number of halogens is 1. The van der Waals surface area contributed by atoms with Gasteiger partial charge < -0.3 is 15.1 Å². The summed E-state index contributed by atoms with van der Waals surface area (Å²) in [7, 11) is 0. The molecule has 3 aliphatic heterocycles. The lowest BCUT2D eigenvalue weighted by atomic mass is 9.95. The van der Waals surface area contributed by atoms with Gasteiger partial charge in [-0.3, -0.25) is 19.3 Å². The van der Waals surface area contributed by atoms with Crippen LogP contribution in [0.15, 0.2) is 42.5 Å². The van der Waals surface area contributed by atoms with Gasteiger partial charge in [0.2, 0.25) is 11.8 Å². The number of likely N-dealkylation sites (tertiary alicyclic amines) is 1. The molecule has 1 atom stereocenters. The van der Waals surface area contributed by atoms with Crippen molar-refractivity contribution in [1.29, 1.82) is 0 Å². The average Bonchev–Trinajstić information content (AvgIpc) is 3.36. The predicted molar refractivity (Wildman–Crippen MR) is 129 cm³/mol. The third kappa shape index (κ3) is 4.29. The molecule has 0 radical (unpaired) electrons. The van der Waals surface area contributed by atoms with Crippen LogP contribution in [0.5, 0.6) is 0 Å². The van der Waals surface area contributed by atoms with Crippen LogP contribution >= 0.6 is 11.6 Å². The van der Waals surface area contributed by atoms with Gasteiger partial charge >= 0.3 is 0 Å². The second-order valence-electron chi connectivity index (χ2n) is 8.89. The van der Waals surface area contributed by atoms with Crippen molar-refractivity contribution in [3.05, 3.63) is 53.1 Å². The van der Waals surface area contributed by atoms with Crippen molar-refractivity contribution < 1.29 is 14.4 Å². The minimum Gasteiger partial charge on any atom is -0.358 e. The molecule has 0 spiro atoms. The van der Waals surface area contributed by atoms with Gasteiger partial charge in [-0.15, -0.1) is 0 Å². The molecule has 3 amide bonds. The molecule has 0 bridgehead atoms. The number of rotatable bonds is 4. The van der Waals surface area contributed by atoms with Crippen LogP contribution in [0.25, 0.3) is 0 Å². The van der Waals surface area contributed by atoms with Crippen LogP contribution in [0.4, 0.5) is 17.1 Å². The van der Waals surface area contributed by atoms with Gasteiger partial charge in [-0.2, -0.15) is 0 Å². The third-order valence-electron chi connectivity index (χ3n) is 6.68. The van der Waals surface area contributed by atoms with E-state index in [9.17, 15) is 14.4 Å². The number of nitrogens with zero attached hydrogens (tertiary/aromatic N) is 3. The van der Waals surface area contributed by atoms with Crippen molar-refractivity contribution in [3.63, 3.8) is 0 Å². The molecule has 3 heterocycles. The normalized spacial score (nSPS) is 19.8. The van der Waals surface area contributed by atoms with Gasteiger partial charge in [0, 0.05) is 35.9 Å². The Bertz CT molecular complexity index is 1100. The van der Waals surface area contributed by atoms with Crippen molar-refractivity contribution in [2.75, 3.05) is 41.3 Å². The predicted octanol–water partition coefficient (Wildman–Crippen LogP) is 3.92. The number of hydrogen-bond donors (Lipinski definition) is 1. The Morgan fingerprint density at radius 1 is 0.970 bits per heavy atom. The van der Waals surface area contributed by atoms with Crippen molar-refractivity contribution in [2.24, 2.45) is 0 Å². The first-order valence-corrected chi connectivity index (χ1v) is 12.0. The van der Waals surface area contributed by atoms with Crippen molar-refractivity contribution >= 4 is 46.4 Å². The van der Waals surface area contributed by atoms with E-state index >= 15 is 0 Å². The maximum Gasteiger partial charge on any atom is 0.253 e. The van der Waals surface area contributed by atoms with Gasteiger partial charge in [0.15, 0.2) is 0 Å². The Labute approximate surface area is 198 Å². The van der Waals surface area contributed by atoms with Gasteiger partial charge in [0.1, 0.15) is 12.6 Å². The Morgan fingerprint density at radius 2 is 1.76 bits per heavy atom. The molecule has 3 aliphatic rings. The van der Waals surface area contributed by atoms with Crippen LogP contribution in [0, 0.1) is 0 Å². The Morgan fingerprint density at radius 3 is 2.55 bits per heavy atom. The molecule has 0 aromatic heterocycles. The third-order valence-corrected chi connectivity index (χ3v) is 6.91. The summed E-state index contributed by atoms with van der Waals surface area (Å²) in [5.41, 5.74) is 2.67. The van der Waals surface area contributed by atoms with Crippen LogP contribution in [0.1, 0.15) is 42.5 Å². The minimum atomic E-state index is -0.308. The van der Waals surface area contributed by atoms with E-state index in [1.165, 1.54) is 0 Å².